The van der Waals surface area contributed by atoms with E-state index in [9.17, 15) is 9.59 Å². The van der Waals surface area contributed by atoms with Gasteiger partial charge in [0.1, 0.15) is 11.7 Å². The molecular formula is C12H13ClN4O2. The van der Waals surface area contributed by atoms with Crippen molar-refractivity contribution in [3.8, 4) is 0 Å². The molecule has 2 heterocycles. The van der Waals surface area contributed by atoms with E-state index < -0.39 is 0 Å². The molecule has 0 bridgehead atoms. The van der Waals surface area contributed by atoms with Crippen molar-refractivity contribution in [2.75, 3.05) is 0 Å². The maximum atomic E-state index is 12.0. The van der Waals surface area contributed by atoms with Crippen LogP contribution >= 0.6 is 11.6 Å². The zero-order valence-corrected chi connectivity index (χ0v) is 11.6. The zero-order valence-electron chi connectivity index (χ0n) is 10.8. The van der Waals surface area contributed by atoms with E-state index in [0.717, 1.165) is 0 Å². The van der Waals surface area contributed by atoms with Crippen LogP contribution in [-0.2, 0) is 6.54 Å². The number of hydrogen-bond donors (Lipinski definition) is 1. The Kier molecular flexibility index (Phi) is 3.53. The number of hydrogen-bond acceptors (Lipinski definition) is 4. The van der Waals surface area contributed by atoms with Gasteiger partial charge in [-0.25, -0.2) is 14.6 Å². The maximum absolute atomic E-state index is 12.0. The molecule has 0 amide bonds. The van der Waals surface area contributed by atoms with Gasteiger partial charge < -0.3 is 0 Å². The van der Waals surface area contributed by atoms with Gasteiger partial charge in [0.2, 0.25) is 0 Å². The molecular weight excluding hydrogens is 268 g/mol. The standard InChI is InChI=1S/C12H13ClN4O2/c1-6-4-9(13)15-10(14-6)5-17-12(19)8(3)7(2)11(18)16-17/h4H,5H2,1-3H3,(H,16,18). The first-order valence-corrected chi connectivity index (χ1v) is 6.06. The molecule has 0 unspecified atom stereocenters. The van der Waals surface area contributed by atoms with Crippen LogP contribution in [0.25, 0.3) is 0 Å². The number of nitrogens with zero attached hydrogens (tertiary/aromatic N) is 3. The van der Waals surface area contributed by atoms with Crippen molar-refractivity contribution in [1.82, 2.24) is 19.7 Å². The molecule has 0 spiro atoms. The summed E-state index contributed by atoms with van der Waals surface area (Å²) in [5.74, 6) is 0.381. The summed E-state index contributed by atoms with van der Waals surface area (Å²) in [4.78, 5) is 31.9. The van der Waals surface area contributed by atoms with Crippen LogP contribution in [0.1, 0.15) is 22.6 Å². The third-order valence-electron chi connectivity index (χ3n) is 2.87. The fourth-order valence-electron chi connectivity index (χ4n) is 1.70. The van der Waals surface area contributed by atoms with Crippen LogP contribution in [0.5, 0.6) is 0 Å². The Balaban J connectivity index is 2.50. The van der Waals surface area contributed by atoms with E-state index in [2.05, 4.69) is 15.1 Å². The second-order valence-corrected chi connectivity index (χ2v) is 4.72. The molecule has 0 aliphatic carbocycles. The first kappa shape index (κ1) is 13.5. The molecule has 0 radical (unpaired) electrons. The lowest BCUT2D eigenvalue weighted by Gasteiger charge is -2.08. The molecule has 6 nitrogen and oxygen atoms in total. The molecule has 2 aromatic rings. The zero-order chi connectivity index (χ0) is 14.2. The van der Waals surface area contributed by atoms with Crippen molar-refractivity contribution in [2.24, 2.45) is 0 Å². The normalized spacial score (nSPS) is 10.7. The second kappa shape index (κ2) is 4.97. The van der Waals surface area contributed by atoms with Crippen LogP contribution in [0.3, 0.4) is 0 Å². The monoisotopic (exact) mass is 280 g/mol. The minimum absolute atomic E-state index is 0.0800. The van der Waals surface area contributed by atoms with Crippen LogP contribution in [0.4, 0.5) is 0 Å². The Morgan fingerprint density at radius 1 is 1.21 bits per heavy atom. The van der Waals surface area contributed by atoms with Crippen molar-refractivity contribution in [2.45, 2.75) is 27.3 Å². The molecule has 0 fully saturated rings. The topological polar surface area (TPSA) is 80.6 Å². The Morgan fingerprint density at radius 2 is 1.89 bits per heavy atom. The minimum Gasteiger partial charge on any atom is -0.268 e. The second-order valence-electron chi connectivity index (χ2n) is 4.33. The Morgan fingerprint density at radius 3 is 2.53 bits per heavy atom. The SMILES string of the molecule is Cc1cc(Cl)nc(Cn2[nH]c(=O)c(C)c(C)c2=O)n1. The highest BCUT2D eigenvalue weighted by Gasteiger charge is 2.09. The van der Waals surface area contributed by atoms with Crippen LogP contribution < -0.4 is 11.1 Å². The van der Waals surface area contributed by atoms with Crippen LogP contribution in [-0.4, -0.2) is 19.7 Å². The molecule has 1 N–H and O–H groups in total. The van der Waals surface area contributed by atoms with Gasteiger partial charge in [-0.3, -0.25) is 14.7 Å². The highest BCUT2D eigenvalue weighted by atomic mass is 35.5. The summed E-state index contributed by atoms with van der Waals surface area (Å²) in [6.07, 6.45) is 0. The summed E-state index contributed by atoms with van der Waals surface area (Å²) < 4.78 is 1.19. The molecule has 0 saturated heterocycles. The molecule has 19 heavy (non-hydrogen) atoms. The fourth-order valence-corrected chi connectivity index (χ4v) is 1.96. The molecule has 2 aromatic heterocycles. The van der Waals surface area contributed by atoms with Crippen LogP contribution in [0, 0.1) is 20.8 Å². The molecule has 0 saturated carbocycles. The van der Waals surface area contributed by atoms with Crippen molar-refractivity contribution in [1.29, 1.82) is 0 Å². The summed E-state index contributed by atoms with van der Waals surface area (Å²) in [5.41, 5.74) is 0.982. The number of nitrogens with one attached hydrogen (secondary N) is 1. The van der Waals surface area contributed by atoms with Gasteiger partial charge >= 0.3 is 0 Å². The lowest BCUT2D eigenvalue weighted by molar-refractivity contribution is 0.595. The Hall–Kier alpha value is -1.95. The van der Waals surface area contributed by atoms with Gasteiger partial charge in [-0.15, -0.1) is 0 Å². The lowest BCUT2D eigenvalue weighted by Crippen LogP contribution is -2.34. The number of aryl methyl sites for hydroxylation is 1. The van der Waals surface area contributed by atoms with Crippen molar-refractivity contribution >= 4 is 11.6 Å². The third kappa shape index (κ3) is 2.73. The molecule has 0 aliphatic heterocycles. The van der Waals surface area contributed by atoms with Gasteiger partial charge in [0.25, 0.3) is 11.1 Å². The summed E-state index contributed by atoms with van der Waals surface area (Å²) in [5, 5.41) is 2.80. The van der Waals surface area contributed by atoms with E-state index in [0.29, 0.717) is 27.8 Å². The summed E-state index contributed by atoms with van der Waals surface area (Å²) >= 11 is 5.83. The molecule has 0 aliphatic rings. The van der Waals surface area contributed by atoms with Gasteiger partial charge in [-0.2, -0.15) is 0 Å². The lowest BCUT2D eigenvalue weighted by atomic mass is 10.2. The third-order valence-corrected chi connectivity index (χ3v) is 3.07. The maximum Gasteiger partial charge on any atom is 0.268 e. The van der Waals surface area contributed by atoms with Gasteiger partial charge in [0, 0.05) is 16.8 Å². The average molecular weight is 281 g/mol. The molecule has 0 aromatic carbocycles. The number of rotatable bonds is 2. The molecule has 0 atom stereocenters. The van der Waals surface area contributed by atoms with Crippen LogP contribution in [0.2, 0.25) is 5.15 Å². The number of aromatic amines is 1. The molecule has 2 rings (SSSR count). The average Bonchev–Trinajstić information content (AvgIpc) is 2.32. The number of halogens is 1. The molecule has 100 valence electrons. The van der Waals surface area contributed by atoms with Crippen molar-refractivity contribution in [3.63, 3.8) is 0 Å². The summed E-state index contributed by atoms with van der Waals surface area (Å²) in [7, 11) is 0. The minimum atomic E-state index is -0.296. The van der Waals surface area contributed by atoms with E-state index >= 15 is 0 Å². The van der Waals surface area contributed by atoms with Gasteiger partial charge in [0.15, 0.2) is 5.82 Å². The number of H-pyrrole nitrogens is 1. The Labute approximate surface area is 114 Å². The highest BCUT2D eigenvalue weighted by Crippen LogP contribution is 2.06. The van der Waals surface area contributed by atoms with E-state index in [-0.39, 0.29) is 17.7 Å². The van der Waals surface area contributed by atoms with Gasteiger partial charge in [-0.1, -0.05) is 11.6 Å². The van der Waals surface area contributed by atoms with Gasteiger partial charge in [0.05, 0.1) is 0 Å². The largest absolute Gasteiger partial charge is 0.268 e. The van der Waals surface area contributed by atoms with E-state index in [1.54, 1.807) is 26.8 Å². The smallest absolute Gasteiger partial charge is 0.268 e. The predicted molar refractivity (Wildman–Crippen MR) is 71.7 cm³/mol. The number of aromatic nitrogens is 4. The Bertz CT molecular complexity index is 728. The first-order chi connectivity index (χ1) is 8.88. The van der Waals surface area contributed by atoms with E-state index in [1.807, 2.05) is 0 Å². The van der Waals surface area contributed by atoms with Crippen molar-refractivity contribution in [3.05, 3.63) is 54.6 Å². The van der Waals surface area contributed by atoms with Gasteiger partial charge in [-0.05, 0) is 26.8 Å². The summed E-state index contributed by atoms with van der Waals surface area (Å²) in [6.45, 7) is 5.09. The van der Waals surface area contributed by atoms with E-state index in [1.165, 1.54) is 4.68 Å². The highest BCUT2D eigenvalue weighted by molar-refractivity contribution is 6.29. The fraction of sp³-hybridized carbons (Fsp3) is 0.333. The van der Waals surface area contributed by atoms with Crippen molar-refractivity contribution < 1.29 is 0 Å². The van der Waals surface area contributed by atoms with Crippen LogP contribution in [0.15, 0.2) is 15.7 Å². The first-order valence-electron chi connectivity index (χ1n) is 5.69. The summed E-state index contributed by atoms with van der Waals surface area (Å²) in [6, 6.07) is 1.62. The predicted octanol–water partition coefficient (Wildman–Crippen LogP) is 0.954. The quantitative estimate of drug-likeness (QED) is 0.831. The van der Waals surface area contributed by atoms with E-state index in [4.69, 9.17) is 11.6 Å². The molecule has 7 heteroatoms.